The smallest absolute Gasteiger partial charge is 0.0184 e. The summed E-state index contributed by atoms with van der Waals surface area (Å²) in [4.78, 5) is 0. The Kier molecular flexibility index (Phi) is 5.80. The van der Waals surface area contributed by atoms with Crippen LogP contribution in [-0.4, -0.2) is 0 Å². The summed E-state index contributed by atoms with van der Waals surface area (Å²) in [6, 6.07) is 19.6. The van der Waals surface area contributed by atoms with E-state index in [1.165, 1.54) is 47.9 Å². The van der Waals surface area contributed by atoms with E-state index in [1.807, 2.05) is 0 Å². The van der Waals surface area contributed by atoms with Crippen LogP contribution in [0.1, 0.15) is 51.0 Å². The van der Waals surface area contributed by atoms with Crippen molar-refractivity contribution >= 4 is 0 Å². The minimum atomic E-state index is 0.639. The van der Waals surface area contributed by atoms with E-state index in [0.29, 0.717) is 5.92 Å². The van der Waals surface area contributed by atoms with Crippen molar-refractivity contribution in [3.8, 4) is 11.1 Å². The van der Waals surface area contributed by atoms with Crippen molar-refractivity contribution in [2.24, 2.45) is 0 Å². The van der Waals surface area contributed by atoms with Crippen LogP contribution in [0.4, 0.5) is 0 Å². The highest BCUT2D eigenvalue weighted by atomic mass is 14.1. The lowest BCUT2D eigenvalue weighted by molar-refractivity contribution is 0.603. The van der Waals surface area contributed by atoms with Gasteiger partial charge in [0.2, 0.25) is 0 Å². The Morgan fingerprint density at radius 1 is 0.905 bits per heavy atom. The largest absolute Gasteiger partial charge is 0.100 e. The Morgan fingerprint density at radius 3 is 2.14 bits per heavy atom. The third kappa shape index (κ3) is 4.90. The second-order valence-corrected chi connectivity index (χ2v) is 6.09. The van der Waals surface area contributed by atoms with Gasteiger partial charge in [0.15, 0.2) is 0 Å². The first-order valence-corrected chi connectivity index (χ1v) is 7.96. The molecule has 21 heavy (non-hydrogen) atoms. The molecule has 0 heteroatoms. The number of benzene rings is 2. The van der Waals surface area contributed by atoms with Crippen LogP contribution in [0.2, 0.25) is 0 Å². The Balaban J connectivity index is 1.91. The van der Waals surface area contributed by atoms with Crippen molar-refractivity contribution in [1.29, 1.82) is 0 Å². The van der Waals surface area contributed by atoms with Gasteiger partial charge in [-0.25, -0.2) is 0 Å². The summed E-state index contributed by atoms with van der Waals surface area (Å²) in [5, 5.41) is 0. The second kappa shape index (κ2) is 7.83. The number of allylic oxidation sites excluding steroid dienone is 1. The number of hydrogen-bond donors (Lipinski definition) is 0. The standard InChI is InChI=1S/C21H26/c1-17(2)9-7-8-10-18(3)19-13-15-21(16-14-19)20-11-5-4-6-12-20/h4-6,11-16,18H,1,7-10H2,2-3H3. The molecule has 1 atom stereocenters. The molecule has 2 aromatic rings. The van der Waals surface area contributed by atoms with Crippen molar-refractivity contribution in [2.45, 2.75) is 45.4 Å². The molecule has 0 saturated heterocycles. The van der Waals surface area contributed by atoms with Gasteiger partial charge >= 0.3 is 0 Å². The average Bonchev–Trinajstić information content (AvgIpc) is 2.52. The summed E-state index contributed by atoms with van der Waals surface area (Å²) in [6.07, 6.45) is 4.98. The van der Waals surface area contributed by atoms with E-state index in [4.69, 9.17) is 0 Å². The molecule has 0 nitrogen and oxygen atoms in total. The van der Waals surface area contributed by atoms with Gasteiger partial charge in [0.1, 0.15) is 0 Å². The Bertz CT molecular complexity index is 548. The molecule has 2 aromatic carbocycles. The van der Waals surface area contributed by atoms with E-state index in [1.54, 1.807) is 0 Å². The molecule has 0 saturated carbocycles. The van der Waals surface area contributed by atoms with Crippen molar-refractivity contribution in [3.63, 3.8) is 0 Å². The summed E-state index contributed by atoms with van der Waals surface area (Å²) in [7, 11) is 0. The molecule has 0 aliphatic heterocycles. The molecule has 2 rings (SSSR count). The summed E-state index contributed by atoms with van der Waals surface area (Å²) < 4.78 is 0. The monoisotopic (exact) mass is 278 g/mol. The molecule has 0 aromatic heterocycles. The lowest BCUT2D eigenvalue weighted by Gasteiger charge is -2.12. The van der Waals surface area contributed by atoms with E-state index in [9.17, 15) is 0 Å². The molecule has 110 valence electrons. The zero-order valence-electron chi connectivity index (χ0n) is 13.3. The third-order valence-electron chi connectivity index (χ3n) is 4.08. The summed E-state index contributed by atoms with van der Waals surface area (Å²) >= 11 is 0. The SMILES string of the molecule is C=C(C)CCCCC(C)c1ccc(-c2ccccc2)cc1. The van der Waals surface area contributed by atoms with Gasteiger partial charge < -0.3 is 0 Å². The Labute approximate surface area is 129 Å². The highest BCUT2D eigenvalue weighted by molar-refractivity contribution is 5.63. The van der Waals surface area contributed by atoms with Gasteiger partial charge in [0, 0.05) is 0 Å². The molecule has 0 aliphatic carbocycles. The van der Waals surface area contributed by atoms with Gasteiger partial charge in [-0.05, 0) is 48.8 Å². The molecule has 0 aliphatic rings. The van der Waals surface area contributed by atoms with Crippen LogP contribution in [0, 0.1) is 0 Å². The average molecular weight is 278 g/mol. The predicted molar refractivity (Wildman–Crippen MR) is 93.6 cm³/mol. The van der Waals surface area contributed by atoms with Gasteiger partial charge in [-0.2, -0.15) is 0 Å². The summed E-state index contributed by atoms with van der Waals surface area (Å²) in [5.41, 5.74) is 5.34. The fourth-order valence-corrected chi connectivity index (χ4v) is 2.68. The first kappa shape index (κ1) is 15.6. The zero-order valence-corrected chi connectivity index (χ0v) is 13.3. The van der Waals surface area contributed by atoms with Crippen LogP contribution < -0.4 is 0 Å². The second-order valence-electron chi connectivity index (χ2n) is 6.09. The van der Waals surface area contributed by atoms with Gasteiger partial charge in [-0.1, -0.05) is 73.5 Å². The third-order valence-corrected chi connectivity index (χ3v) is 4.08. The van der Waals surface area contributed by atoms with Crippen LogP contribution >= 0.6 is 0 Å². The maximum atomic E-state index is 3.97. The highest BCUT2D eigenvalue weighted by Crippen LogP contribution is 2.25. The van der Waals surface area contributed by atoms with Crippen LogP contribution in [0.15, 0.2) is 66.7 Å². The van der Waals surface area contributed by atoms with Crippen molar-refractivity contribution in [3.05, 3.63) is 72.3 Å². The van der Waals surface area contributed by atoms with E-state index in [-0.39, 0.29) is 0 Å². The topological polar surface area (TPSA) is 0 Å². The van der Waals surface area contributed by atoms with E-state index < -0.39 is 0 Å². The van der Waals surface area contributed by atoms with Gasteiger partial charge in [-0.15, -0.1) is 6.58 Å². The summed E-state index contributed by atoms with van der Waals surface area (Å²) in [5.74, 6) is 0.639. The first-order chi connectivity index (χ1) is 10.2. The predicted octanol–water partition coefficient (Wildman–Crippen LogP) is 6.59. The lowest BCUT2D eigenvalue weighted by Crippen LogP contribution is -1.94. The van der Waals surface area contributed by atoms with Crippen LogP contribution in [0.5, 0.6) is 0 Å². The van der Waals surface area contributed by atoms with Crippen LogP contribution in [-0.2, 0) is 0 Å². The van der Waals surface area contributed by atoms with E-state index >= 15 is 0 Å². The molecule has 0 radical (unpaired) electrons. The van der Waals surface area contributed by atoms with E-state index in [2.05, 4.69) is 75.0 Å². The number of rotatable bonds is 7. The van der Waals surface area contributed by atoms with Crippen molar-refractivity contribution < 1.29 is 0 Å². The molecule has 0 amide bonds. The van der Waals surface area contributed by atoms with Crippen LogP contribution in [0.25, 0.3) is 11.1 Å². The maximum absolute atomic E-state index is 3.97. The molecular weight excluding hydrogens is 252 g/mol. The Hall–Kier alpha value is -1.82. The Morgan fingerprint density at radius 2 is 1.52 bits per heavy atom. The minimum absolute atomic E-state index is 0.639. The molecule has 1 unspecified atom stereocenters. The molecule has 0 fully saturated rings. The molecule has 0 heterocycles. The minimum Gasteiger partial charge on any atom is -0.100 e. The number of unbranched alkanes of at least 4 members (excludes halogenated alkanes) is 1. The first-order valence-electron chi connectivity index (χ1n) is 7.96. The molecule has 0 bridgehead atoms. The number of hydrogen-bond acceptors (Lipinski definition) is 0. The van der Waals surface area contributed by atoms with Crippen LogP contribution in [0.3, 0.4) is 0 Å². The van der Waals surface area contributed by atoms with Gasteiger partial charge in [-0.3, -0.25) is 0 Å². The highest BCUT2D eigenvalue weighted by Gasteiger charge is 2.06. The maximum Gasteiger partial charge on any atom is -0.0184 e. The van der Waals surface area contributed by atoms with Crippen molar-refractivity contribution in [2.75, 3.05) is 0 Å². The molecular formula is C21H26. The zero-order chi connectivity index (χ0) is 15.1. The molecule has 0 N–H and O–H groups in total. The van der Waals surface area contributed by atoms with Gasteiger partial charge in [0.05, 0.1) is 0 Å². The fraction of sp³-hybridized carbons (Fsp3) is 0.333. The van der Waals surface area contributed by atoms with Gasteiger partial charge in [0.25, 0.3) is 0 Å². The lowest BCUT2D eigenvalue weighted by atomic mass is 9.93. The fourth-order valence-electron chi connectivity index (χ4n) is 2.68. The normalized spacial score (nSPS) is 12.1. The quantitative estimate of drug-likeness (QED) is 0.395. The summed E-state index contributed by atoms with van der Waals surface area (Å²) in [6.45, 7) is 8.42. The van der Waals surface area contributed by atoms with Crippen molar-refractivity contribution in [1.82, 2.24) is 0 Å². The molecule has 0 spiro atoms. The van der Waals surface area contributed by atoms with E-state index in [0.717, 1.165) is 0 Å².